The summed E-state index contributed by atoms with van der Waals surface area (Å²) >= 11 is 11.4. The molecule has 0 aromatic heterocycles. The van der Waals surface area contributed by atoms with Crippen molar-refractivity contribution in [3.63, 3.8) is 0 Å². The molecule has 1 atom stereocenters. The summed E-state index contributed by atoms with van der Waals surface area (Å²) in [5.74, 6) is -0.839. The molecule has 0 aliphatic carbocycles. The van der Waals surface area contributed by atoms with E-state index in [0.717, 1.165) is 25.8 Å². The number of halogens is 3. The van der Waals surface area contributed by atoms with Crippen molar-refractivity contribution >= 4 is 34.8 Å². The maximum atomic E-state index is 13.3. The van der Waals surface area contributed by atoms with Crippen LogP contribution < -0.4 is 10.6 Å². The van der Waals surface area contributed by atoms with E-state index in [2.05, 4.69) is 10.6 Å². The highest BCUT2D eigenvalue weighted by Crippen LogP contribution is 2.28. The van der Waals surface area contributed by atoms with Crippen molar-refractivity contribution in [1.29, 1.82) is 0 Å². The standard InChI is InChI=1S/C13H15Cl2FN2O/c1-13(4-2-3-5-17-13)12(19)18-8-6-9(14)11(16)10(15)7-8/h6-7,17H,2-5H2,1H3,(H,18,19). The predicted molar refractivity (Wildman–Crippen MR) is 75.3 cm³/mol. The predicted octanol–water partition coefficient (Wildman–Crippen LogP) is 3.60. The van der Waals surface area contributed by atoms with Gasteiger partial charge in [-0.15, -0.1) is 0 Å². The molecule has 19 heavy (non-hydrogen) atoms. The van der Waals surface area contributed by atoms with Crippen LogP contribution in [0.4, 0.5) is 10.1 Å². The molecule has 1 heterocycles. The highest BCUT2D eigenvalue weighted by atomic mass is 35.5. The Labute approximate surface area is 121 Å². The molecule has 1 aliphatic heterocycles. The molecule has 0 saturated carbocycles. The fourth-order valence-corrected chi connectivity index (χ4v) is 2.63. The zero-order valence-electron chi connectivity index (χ0n) is 10.5. The smallest absolute Gasteiger partial charge is 0.244 e. The Hall–Kier alpha value is -0.840. The van der Waals surface area contributed by atoms with E-state index in [1.165, 1.54) is 12.1 Å². The van der Waals surface area contributed by atoms with Gasteiger partial charge in [0.15, 0.2) is 5.82 Å². The lowest BCUT2D eigenvalue weighted by molar-refractivity contribution is -0.122. The molecule has 2 rings (SSSR count). The van der Waals surface area contributed by atoms with Crippen LogP contribution >= 0.6 is 23.2 Å². The van der Waals surface area contributed by atoms with Crippen LogP contribution in [0.3, 0.4) is 0 Å². The summed E-state index contributed by atoms with van der Waals surface area (Å²) < 4.78 is 13.3. The number of piperidine rings is 1. The SMILES string of the molecule is CC1(C(=O)Nc2cc(Cl)c(F)c(Cl)c2)CCCCN1. The average molecular weight is 305 g/mol. The van der Waals surface area contributed by atoms with E-state index >= 15 is 0 Å². The molecule has 1 fully saturated rings. The maximum Gasteiger partial charge on any atom is 0.244 e. The Morgan fingerprint density at radius 3 is 2.53 bits per heavy atom. The van der Waals surface area contributed by atoms with Crippen molar-refractivity contribution < 1.29 is 9.18 Å². The quantitative estimate of drug-likeness (QED) is 0.820. The zero-order valence-corrected chi connectivity index (χ0v) is 12.0. The number of rotatable bonds is 2. The third kappa shape index (κ3) is 3.19. The molecule has 104 valence electrons. The normalized spacial score (nSPS) is 23.2. The number of carbonyl (C=O) groups is 1. The van der Waals surface area contributed by atoms with Crippen LogP contribution in [-0.2, 0) is 4.79 Å². The third-order valence-corrected chi connectivity index (χ3v) is 3.91. The van der Waals surface area contributed by atoms with Gasteiger partial charge in [-0.3, -0.25) is 4.79 Å². The maximum absolute atomic E-state index is 13.3. The summed E-state index contributed by atoms with van der Waals surface area (Å²) in [6, 6.07) is 2.71. The molecule has 0 bridgehead atoms. The van der Waals surface area contributed by atoms with E-state index in [1.807, 2.05) is 6.92 Å². The minimum atomic E-state index is -0.677. The van der Waals surface area contributed by atoms with Gasteiger partial charge < -0.3 is 10.6 Å². The van der Waals surface area contributed by atoms with Crippen molar-refractivity contribution in [3.05, 3.63) is 28.0 Å². The van der Waals surface area contributed by atoms with Crippen molar-refractivity contribution in [1.82, 2.24) is 5.32 Å². The summed E-state index contributed by atoms with van der Waals surface area (Å²) in [6.07, 6.45) is 2.83. The summed E-state index contributed by atoms with van der Waals surface area (Å²) in [5.41, 5.74) is -0.207. The van der Waals surface area contributed by atoms with Crippen LogP contribution in [0.2, 0.25) is 10.0 Å². The monoisotopic (exact) mass is 304 g/mol. The summed E-state index contributed by atoms with van der Waals surface area (Å²) in [7, 11) is 0. The molecule has 0 radical (unpaired) electrons. The van der Waals surface area contributed by atoms with Crippen LogP contribution in [0.25, 0.3) is 0 Å². The molecule has 1 aromatic carbocycles. The van der Waals surface area contributed by atoms with Crippen LogP contribution in [0.1, 0.15) is 26.2 Å². The molecule has 1 amide bonds. The van der Waals surface area contributed by atoms with Gasteiger partial charge in [0.1, 0.15) is 0 Å². The Morgan fingerprint density at radius 2 is 2.00 bits per heavy atom. The zero-order chi connectivity index (χ0) is 14.0. The first kappa shape index (κ1) is 14.6. The van der Waals surface area contributed by atoms with Gasteiger partial charge in [-0.25, -0.2) is 4.39 Å². The van der Waals surface area contributed by atoms with Crippen molar-refractivity contribution in [2.75, 3.05) is 11.9 Å². The second kappa shape index (κ2) is 5.65. The van der Waals surface area contributed by atoms with Gasteiger partial charge in [0, 0.05) is 5.69 Å². The van der Waals surface area contributed by atoms with E-state index in [-0.39, 0.29) is 16.0 Å². The Kier molecular flexibility index (Phi) is 4.33. The number of carbonyl (C=O) groups excluding carboxylic acids is 1. The molecule has 0 spiro atoms. The minimum Gasteiger partial charge on any atom is -0.324 e. The highest BCUT2D eigenvalue weighted by Gasteiger charge is 2.34. The summed E-state index contributed by atoms with van der Waals surface area (Å²) in [4.78, 5) is 12.2. The van der Waals surface area contributed by atoms with Gasteiger partial charge in [0.05, 0.1) is 15.6 Å². The van der Waals surface area contributed by atoms with Gasteiger partial charge >= 0.3 is 0 Å². The molecule has 2 N–H and O–H groups in total. The Morgan fingerprint density at radius 1 is 1.37 bits per heavy atom. The van der Waals surface area contributed by atoms with Crippen LogP contribution in [0.5, 0.6) is 0 Å². The van der Waals surface area contributed by atoms with Gasteiger partial charge in [0.25, 0.3) is 0 Å². The minimum absolute atomic E-state index is 0.107. The van der Waals surface area contributed by atoms with E-state index in [1.54, 1.807) is 0 Å². The molecule has 3 nitrogen and oxygen atoms in total. The van der Waals surface area contributed by atoms with E-state index in [0.29, 0.717) is 5.69 Å². The van der Waals surface area contributed by atoms with E-state index in [4.69, 9.17) is 23.2 Å². The number of hydrogen-bond donors (Lipinski definition) is 2. The lowest BCUT2D eigenvalue weighted by atomic mass is 9.90. The fraction of sp³-hybridized carbons (Fsp3) is 0.462. The number of hydrogen-bond acceptors (Lipinski definition) is 2. The van der Waals surface area contributed by atoms with Gasteiger partial charge in [0.2, 0.25) is 5.91 Å². The lowest BCUT2D eigenvalue weighted by Crippen LogP contribution is -2.54. The first-order chi connectivity index (χ1) is 8.92. The summed E-state index contributed by atoms with van der Waals surface area (Å²) in [6.45, 7) is 2.67. The van der Waals surface area contributed by atoms with Gasteiger partial charge in [-0.1, -0.05) is 23.2 Å². The van der Waals surface area contributed by atoms with Crippen molar-refractivity contribution in [2.24, 2.45) is 0 Å². The van der Waals surface area contributed by atoms with Crippen molar-refractivity contribution in [3.8, 4) is 0 Å². The third-order valence-electron chi connectivity index (χ3n) is 3.36. The average Bonchev–Trinajstić information content (AvgIpc) is 2.36. The molecule has 1 unspecified atom stereocenters. The number of amides is 1. The number of benzene rings is 1. The van der Waals surface area contributed by atoms with Gasteiger partial charge in [-0.05, 0) is 44.9 Å². The second-order valence-electron chi connectivity index (χ2n) is 4.92. The molecule has 1 saturated heterocycles. The Bertz CT molecular complexity index is 478. The topological polar surface area (TPSA) is 41.1 Å². The second-order valence-corrected chi connectivity index (χ2v) is 5.74. The van der Waals surface area contributed by atoms with Crippen LogP contribution in [0.15, 0.2) is 12.1 Å². The van der Waals surface area contributed by atoms with Gasteiger partial charge in [-0.2, -0.15) is 0 Å². The fourth-order valence-electron chi connectivity index (χ4n) is 2.15. The van der Waals surface area contributed by atoms with E-state index < -0.39 is 11.4 Å². The molecule has 1 aliphatic rings. The number of nitrogens with one attached hydrogen (secondary N) is 2. The first-order valence-electron chi connectivity index (χ1n) is 6.13. The first-order valence-corrected chi connectivity index (χ1v) is 6.89. The largest absolute Gasteiger partial charge is 0.324 e. The molecular formula is C13H15Cl2FN2O. The molecule has 6 heteroatoms. The van der Waals surface area contributed by atoms with Crippen molar-refractivity contribution in [2.45, 2.75) is 31.7 Å². The number of anilines is 1. The summed E-state index contributed by atoms with van der Waals surface area (Å²) in [5, 5.41) is 5.71. The lowest BCUT2D eigenvalue weighted by Gasteiger charge is -2.33. The van der Waals surface area contributed by atoms with E-state index in [9.17, 15) is 9.18 Å². The van der Waals surface area contributed by atoms with Crippen LogP contribution in [0, 0.1) is 5.82 Å². The Balaban J connectivity index is 2.14. The highest BCUT2D eigenvalue weighted by molar-refractivity contribution is 6.35. The molecule has 1 aromatic rings. The molecular weight excluding hydrogens is 290 g/mol. The van der Waals surface area contributed by atoms with Crippen LogP contribution in [-0.4, -0.2) is 18.0 Å².